The number of likely N-dealkylation sites (tertiary alicyclic amines) is 1. The Hall–Kier alpha value is -0.120. The molecule has 2 fully saturated rings. The number of likely N-dealkylation sites (N-methyl/N-ethyl adjacent to an activating group) is 1. The molecule has 0 radical (unpaired) electrons. The minimum Gasteiger partial charge on any atom is -0.329 e. The van der Waals surface area contributed by atoms with E-state index in [0.29, 0.717) is 0 Å². The fraction of sp³-hybridized carbons (Fsp3) is 1.00. The lowest BCUT2D eigenvalue weighted by molar-refractivity contribution is 0.00137. The fourth-order valence-electron chi connectivity index (χ4n) is 4.17. The van der Waals surface area contributed by atoms with Gasteiger partial charge in [-0.1, -0.05) is 26.7 Å². The van der Waals surface area contributed by atoms with Gasteiger partial charge in [-0.2, -0.15) is 0 Å². The van der Waals surface area contributed by atoms with Crippen molar-refractivity contribution in [2.24, 2.45) is 17.6 Å². The van der Waals surface area contributed by atoms with Crippen molar-refractivity contribution in [3.05, 3.63) is 0 Å². The molecular weight excluding hydrogens is 222 g/mol. The Morgan fingerprint density at radius 3 is 2.56 bits per heavy atom. The highest BCUT2D eigenvalue weighted by Crippen LogP contribution is 2.42. The molecule has 1 saturated heterocycles. The van der Waals surface area contributed by atoms with Gasteiger partial charge >= 0.3 is 0 Å². The molecule has 1 heterocycles. The molecule has 1 aliphatic heterocycles. The molecule has 0 bridgehead atoms. The van der Waals surface area contributed by atoms with Gasteiger partial charge in [0.1, 0.15) is 0 Å². The summed E-state index contributed by atoms with van der Waals surface area (Å²) in [6, 6.07) is 0.720. The molecule has 4 atom stereocenters. The lowest BCUT2D eigenvalue weighted by Gasteiger charge is -2.51. The predicted molar refractivity (Wildman–Crippen MR) is 77.6 cm³/mol. The summed E-state index contributed by atoms with van der Waals surface area (Å²) in [4.78, 5) is 5.10. The van der Waals surface area contributed by atoms with Gasteiger partial charge in [0.25, 0.3) is 0 Å². The summed E-state index contributed by atoms with van der Waals surface area (Å²) in [5.41, 5.74) is 6.52. The van der Waals surface area contributed by atoms with Crippen LogP contribution in [0.4, 0.5) is 0 Å². The maximum absolute atomic E-state index is 6.24. The van der Waals surface area contributed by atoms with Crippen LogP contribution in [0.3, 0.4) is 0 Å². The van der Waals surface area contributed by atoms with Crippen LogP contribution in [-0.4, -0.2) is 55.1 Å². The summed E-state index contributed by atoms with van der Waals surface area (Å²) in [5.74, 6) is 1.55. The third kappa shape index (κ3) is 2.33. The highest BCUT2D eigenvalue weighted by molar-refractivity contribution is 5.03. The fourth-order valence-corrected chi connectivity index (χ4v) is 4.17. The number of rotatable bonds is 3. The molecule has 3 nitrogen and oxygen atoms in total. The Labute approximate surface area is 113 Å². The third-order valence-electron chi connectivity index (χ3n) is 5.85. The van der Waals surface area contributed by atoms with Crippen LogP contribution >= 0.6 is 0 Å². The van der Waals surface area contributed by atoms with Crippen molar-refractivity contribution in [3.63, 3.8) is 0 Å². The molecule has 2 rings (SSSR count). The Balaban J connectivity index is 2.13. The molecule has 0 spiro atoms. The van der Waals surface area contributed by atoms with E-state index in [-0.39, 0.29) is 5.54 Å². The van der Waals surface area contributed by atoms with Crippen LogP contribution in [0.1, 0.15) is 39.5 Å². The van der Waals surface area contributed by atoms with Crippen molar-refractivity contribution in [2.45, 2.75) is 51.1 Å². The Kier molecular flexibility index (Phi) is 4.35. The topological polar surface area (TPSA) is 32.5 Å². The summed E-state index contributed by atoms with van der Waals surface area (Å²) in [7, 11) is 4.41. The summed E-state index contributed by atoms with van der Waals surface area (Å²) < 4.78 is 0. The van der Waals surface area contributed by atoms with Gasteiger partial charge in [-0.05, 0) is 38.8 Å². The Morgan fingerprint density at radius 2 is 2.00 bits per heavy atom. The lowest BCUT2D eigenvalue weighted by atomic mass is 9.67. The molecule has 3 heteroatoms. The molecule has 2 aliphatic rings. The van der Waals surface area contributed by atoms with Crippen LogP contribution in [-0.2, 0) is 0 Å². The molecule has 1 aliphatic carbocycles. The van der Waals surface area contributed by atoms with Crippen LogP contribution in [0.25, 0.3) is 0 Å². The largest absolute Gasteiger partial charge is 0.329 e. The van der Waals surface area contributed by atoms with Gasteiger partial charge in [0.05, 0.1) is 0 Å². The summed E-state index contributed by atoms with van der Waals surface area (Å²) in [6.45, 7) is 8.12. The highest BCUT2D eigenvalue weighted by atomic mass is 15.3. The zero-order valence-corrected chi connectivity index (χ0v) is 12.7. The van der Waals surface area contributed by atoms with Gasteiger partial charge in [0.2, 0.25) is 0 Å². The molecule has 106 valence electrons. The monoisotopic (exact) mass is 253 g/mol. The first-order valence-corrected chi connectivity index (χ1v) is 7.63. The Bertz CT molecular complexity index is 279. The normalized spacial score (nSPS) is 42.7. The standard InChI is InChI=1S/C15H31N3/c1-12-6-5-8-15(11-16,13(12)2)18-9-7-14(10-18)17(3)4/h12-14H,5-11,16H2,1-4H3. The number of hydrogen-bond acceptors (Lipinski definition) is 3. The summed E-state index contributed by atoms with van der Waals surface area (Å²) in [6.07, 6.45) is 5.34. The first-order valence-electron chi connectivity index (χ1n) is 7.63. The van der Waals surface area contributed by atoms with E-state index in [1.165, 1.54) is 38.8 Å². The number of nitrogens with two attached hydrogens (primary N) is 1. The van der Waals surface area contributed by atoms with E-state index >= 15 is 0 Å². The van der Waals surface area contributed by atoms with Gasteiger partial charge in [-0.15, -0.1) is 0 Å². The number of nitrogens with zero attached hydrogens (tertiary/aromatic N) is 2. The van der Waals surface area contributed by atoms with E-state index in [1.807, 2.05) is 0 Å². The minimum absolute atomic E-state index is 0.280. The molecule has 4 unspecified atom stereocenters. The van der Waals surface area contributed by atoms with Crippen molar-refractivity contribution in [1.82, 2.24) is 9.80 Å². The van der Waals surface area contributed by atoms with Gasteiger partial charge in [-0.25, -0.2) is 0 Å². The van der Waals surface area contributed by atoms with Crippen molar-refractivity contribution >= 4 is 0 Å². The van der Waals surface area contributed by atoms with Crippen LogP contribution in [0, 0.1) is 11.8 Å². The van der Waals surface area contributed by atoms with E-state index < -0.39 is 0 Å². The molecule has 0 aromatic heterocycles. The average molecular weight is 253 g/mol. The van der Waals surface area contributed by atoms with Crippen LogP contribution in [0.5, 0.6) is 0 Å². The van der Waals surface area contributed by atoms with Gasteiger partial charge < -0.3 is 10.6 Å². The Morgan fingerprint density at radius 1 is 1.28 bits per heavy atom. The quantitative estimate of drug-likeness (QED) is 0.832. The van der Waals surface area contributed by atoms with Crippen LogP contribution in [0.15, 0.2) is 0 Å². The smallest absolute Gasteiger partial charge is 0.0360 e. The first-order chi connectivity index (χ1) is 8.51. The van der Waals surface area contributed by atoms with Crippen LogP contribution in [0.2, 0.25) is 0 Å². The second kappa shape index (κ2) is 5.48. The van der Waals surface area contributed by atoms with E-state index in [0.717, 1.165) is 24.4 Å². The molecule has 18 heavy (non-hydrogen) atoms. The molecule has 1 saturated carbocycles. The van der Waals surface area contributed by atoms with E-state index in [9.17, 15) is 0 Å². The lowest BCUT2D eigenvalue weighted by Crippen LogP contribution is -2.60. The number of hydrogen-bond donors (Lipinski definition) is 1. The molecule has 2 N–H and O–H groups in total. The van der Waals surface area contributed by atoms with Crippen molar-refractivity contribution in [1.29, 1.82) is 0 Å². The SMILES string of the molecule is CC1CCCC(CN)(N2CCC(N(C)C)C2)C1C. The highest BCUT2D eigenvalue weighted by Gasteiger charge is 2.47. The average Bonchev–Trinajstić information content (AvgIpc) is 2.83. The molecule has 0 aromatic carbocycles. The minimum atomic E-state index is 0.280. The van der Waals surface area contributed by atoms with Gasteiger partial charge in [-0.3, -0.25) is 4.90 Å². The molecular formula is C15H31N3. The van der Waals surface area contributed by atoms with E-state index in [4.69, 9.17) is 5.73 Å². The summed E-state index contributed by atoms with van der Waals surface area (Å²) >= 11 is 0. The zero-order chi connectivity index (χ0) is 13.3. The van der Waals surface area contributed by atoms with Crippen molar-refractivity contribution in [2.75, 3.05) is 33.7 Å². The van der Waals surface area contributed by atoms with Crippen LogP contribution < -0.4 is 5.73 Å². The molecule has 0 aromatic rings. The molecule has 0 amide bonds. The maximum atomic E-state index is 6.24. The summed E-state index contributed by atoms with van der Waals surface area (Å²) in [5, 5.41) is 0. The second-order valence-corrected chi connectivity index (χ2v) is 6.82. The van der Waals surface area contributed by atoms with E-state index in [2.05, 4.69) is 37.7 Å². The second-order valence-electron chi connectivity index (χ2n) is 6.82. The van der Waals surface area contributed by atoms with Gasteiger partial charge in [0.15, 0.2) is 0 Å². The first kappa shape index (κ1) is 14.3. The zero-order valence-electron chi connectivity index (χ0n) is 12.7. The van der Waals surface area contributed by atoms with Gasteiger partial charge in [0, 0.05) is 31.2 Å². The van der Waals surface area contributed by atoms with E-state index in [1.54, 1.807) is 0 Å². The predicted octanol–water partition coefficient (Wildman–Crippen LogP) is 1.78. The van der Waals surface area contributed by atoms with Crippen molar-refractivity contribution < 1.29 is 0 Å². The third-order valence-corrected chi connectivity index (χ3v) is 5.85. The maximum Gasteiger partial charge on any atom is 0.0360 e. The van der Waals surface area contributed by atoms with Crippen molar-refractivity contribution in [3.8, 4) is 0 Å².